The summed E-state index contributed by atoms with van der Waals surface area (Å²) in [5.41, 5.74) is 4.95. The second kappa shape index (κ2) is 9.21. The maximum atomic E-state index is 13.2. The first-order valence-corrected chi connectivity index (χ1v) is 10.8. The van der Waals surface area contributed by atoms with Crippen LogP contribution in [0.25, 0.3) is 22.3 Å². The number of pyridine rings is 1. The van der Waals surface area contributed by atoms with Crippen molar-refractivity contribution in [2.45, 2.75) is 32.0 Å². The highest BCUT2D eigenvalue weighted by atomic mass is 19.4. The fraction of sp³-hybridized carbons (Fsp3) is 0.364. The maximum Gasteiger partial charge on any atom is 0.417 e. The van der Waals surface area contributed by atoms with Crippen LogP contribution in [0.15, 0.2) is 24.7 Å². The quantitative estimate of drug-likeness (QED) is 0.479. The first-order valence-electron chi connectivity index (χ1n) is 10.8. The second-order valence-corrected chi connectivity index (χ2v) is 8.31. The third-order valence-corrected chi connectivity index (χ3v) is 6.12. The van der Waals surface area contributed by atoms with Crippen LogP contribution in [0, 0.1) is 17.2 Å². The van der Waals surface area contributed by atoms with Gasteiger partial charge in [-0.05, 0) is 31.7 Å². The molecule has 4 N–H and O–H groups in total. The SMILES string of the molecule is C[C@@H](Nc1ncc(C#N)c(-c2c[nH]c3ncc(C(F)(F)F)cc23)n1)C1CCN(C(=O)C(N)=O)CC1. The van der Waals surface area contributed by atoms with Gasteiger partial charge in [-0.25, -0.2) is 15.0 Å². The van der Waals surface area contributed by atoms with E-state index < -0.39 is 23.6 Å². The van der Waals surface area contributed by atoms with Gasteiger partial charge in [0.2, 0.25) is 5.95 Å². The van der Waals surface area contributed by atoms with E-state index >= 15 is 0 Å². The number of rotatable bonds is 4. The molecule has 0 unspecified atom stereocenters. The molecule has 3 aromatic heterocycles. The van der Waals surface area contributed by atoms with Crippen LogP contribution in [0.2, 0.25) is 0 Å². The number of likely N-dealkylation sites (tertiary alicyclic amines) is 1. The van der Waals surface area contributed by atoms with Gasteiger partial charge in [0.1, 0.15) is 11.7 Å². The predicted octanol–water partition coefficient (Wildman–Crippen LogP) is 2.43. The Bertz CT molecular complexity index is 1320. The highest BCUT2D eigenvalue weighted by Crippen LogP contribution is 2.35. The second-order valence-electron chi connectivity index (χ2n) is 8.31. The Hall–Kier alpha value is -4.21. The molecule has 0 saturated carbocycles. The lowest BCUT2D eigenvalue weighted by Crippen LogP contribution is -2.46. The van der Waals surface area contributed by atoms with Crippen molar-refractivity contribution in [1.82, 2.24) is 24.8 Å². The number of fused-ring (bicyclic) bond motifs is 1. The number of amides is 2. The van der Waals surface area contributed by atoms with Crippen molar-refractivity contribution in [2.75, 3.05) is 18.4 Å². The zero-order valence-corrected chi connectivity index (χ0v) is 18.6. The van der Waals surface area contributed by atoms with Crippen LogP contribution in [-0.4, -0.2) is 55.8 Å². The first kappa shape index (κ1) is 23.9. The number of nitrogens with zero attached hydrogens (tertiary/aromatic N) is 5. The maximum absolute atomic E-state index is 13.2. The largest absolute Gasteiger partial charge is 0.417 e. The van der Waals surface area contributed by atoms with E-state index in [4.69, 9.17) is 5.73 Å². The van der Waals surface area contributed by atoms with Gasteiger partial charge < -0.3 is 20.9 Å². The molecule has 1 fully saturated rings. The van der Waals surface area contributed by atoms with Crippen molar-refractivity contribution in [3.05, 3.63) is 35.8 Å². The Morgan fingerprint density at radius 1 is 1.29 bits per heavy atom. The number of nitrogens with two attached hydrogens (primary N) is 1. The summed E-state index contributed by atoms with van der Waals surface area (Å²) in [5, 5.41) is 12.9. The van der Waals surface area contributed by atoms with Crippen molar-refractivity contribution in [3.63, 3.8) is 0 Å². The van der Waals surface area contributed by atoms with E-state index in [1.807, 2.05) is 13.0 Å². The molecule has 4 rings (SSSR count). The number of hydrogen-bond donors (Lipinski definition) is 3. The smallest absolute Gasteiger partial charge is 0.361 e. The standard InChI is InChI=1S/C22H21F3N8O2/c1-11(12-2-4-33(5-3-12)20(35)18(27)34)31-21-30-8-13(7-26)17(32-21)16-10-29-19-15(16)6-14(9-28-19)22(23,24)25/h6,8-12H,2-5H2,1H3,(H2,27,34)(H,28,29)(H,30,31,32)/t11-/m1/s1. The van der Waals surface area contributed by atoms with Crippen LogP contribution in [0.5, 0.6) is 0 Å². The summed E-state index contributed by atoms with van der Waals surface area (Å²) in [6.45, 7) is 2.70. The summed E-state index contributed by atoms with van der Waals surface area (Å²) in [5.74, 6) is -1.34. The number of anilines is 1. The van der Waals surface area contributed by atoms with Crippen molar-refractivity contribution in [3.8, 4) is 17.3 Å². The minimum atomic E-state index is -4.57. The van der Waals surface area contributed by atoms with Gasteiger partial charge in [-0.3, -0.25) is 9.59 Å². The fourth-order valence-corrected chi connectivity index (χ4v) is 4.17. The molecule has 13 heteroatoms. The molecule has 35 heavy (non-hydrogen) atoms. The predicted molar refractivity (Wildman–Crippen MR) is 118 cm³/mol. The molecular formula is C22H21F3N8O2. The molecule has 0 spiro atoms. The van der Waals surface area contributed by atoms with Gasteiger partial charge in [0.25, 0.3) is 0 Å². The van der Waals surface area contributed by atoms with Gasteiger partial charge in [0.15, 0.2) is 0 Å². The van der Waals surface area contributed by atoms with Gasteiger partial charge in [0.05, 0.1) is 23.0 Å². The molecule has 0 aliphatic carbocycles. The summed E-state index contributed by atoms with van der Waals surface area (Å²) < 4.78 is 39.6. The number of halogens is 3. The van der Waals surface area contributed by atoms with E-state index in [1.54, 1.807) is 0 Å². The number of carbonyl (C=O) groups excluding carboxylic acids is 2. The van der Waals surface area contributed by atoms with Gasteiger partial charge >= 0.3 is 18.0 Å². The van der Waals surface area contributed by atoms with Crippen LogP contribution >= 0.6 is 0 Å². The molecule has 4 heterocycles. The van der Waals surface area contributed by atoms with E-state index in [0.717, 1.165) is 12.3 Å². The monoisotopic (exact) mass is 486 g/mol. The van der Waals surface area contributed by atoms with Gasteiger partial charge in [-0.15, -0.1) is 0 Å². The zero-order valence-electron chi connectivity index (χ0n) is 18.6. The molecule has 0 radical (unpaired) electrons. The van der Waals surface area contributed by atoms with Gasteiger partial charge in [0, 0.05) is 42.5 Å². The number of nitrogens with one attached hydrogen (secondary N) is 2. The number of aromatic nitrogens is 4. The van der Waals surface area contributed by atoms with Crippen molar-refractivity contribution < 1.29 is 22.8 Å². The summed E-state index contributed by atoms with van der Waals surface area (Å²) in [6, 6.07) is 2.82. The molecule has 0 aromatic carbocycles. The first-order chi connectivity index (χ1) is 16.6. The fourth-order valence-electron chi connectivity index (χ4n) is 4.17. The van der Waals surface area contributed by atoms with Crippen LogP contribution in [-0.2, 0) is 15.8 Å². The van der Waals surface area contributed by atoms with Crippen molar-refractivity contribution in [1.29, 1.82) is 5.26 Å². The minimum Gasteiger partial charge on any atom is -0.361 e. The van der Waals surface area contributed by atoms with Gasteiger partial charge in [-0.2, -0.15) is 18.4 Å². The van der Waals surface area contributed by atoms with Crippen LogP contribution in [0.4, 0.5) is 19.1 Å². The topological polar surface area (TPSA) is 154 Å². The summed E-state index contributed by atoms with van der Waals surface area (Å²) in [7, 11) is 0. The summed E-state index contributed by atoms with van der Waals surface area (Å²) in [6.07, 6.45) is 0.199. The molecule has 10 nitrogen and oxygen atoms in total. The van der Waals surface area contributed by atoms with E-state index in [1.165, 1.54) is 17.3 Å². The number of H-pyrrole nitrogens is 1. The molecule has 3 aromatic rings. The Morgan fingerprint density at radius 2 is 2.00 bits per heavy atom. The summed E-state index contributed by atoms with van der Waals surface area (Å²) >= 11 is 0. The van der Waals surface area contributed by atoms with Crippen molar-refractivity contribution >= 4 is 28.8 Å². The molecule has 2 amide bonds. The highest BCUT2D eigenvalue weighted by Gasteiger charge is 2.32. The van der Waals surface area contributed by atoms with Crippen LogP contribution in [0.3, 0.4) is 0 Å². The summed E-state index contributed by atoms with van der Waals surface area (Å²) in [4.78, 5) is 39.6. The average molecular weight is 486 g/mol. The number of aromatic amines is 1. The minimum absolute atomic E-state index is 0.0970. The Labute approximate surface area is 197 Å². The number of piperidine rings is 1. The van der Waals surface area contributed by atoms with E-state index in [0.29, 0.717) is 31.5 Å². The third-order valence-electron chi connectivity index (χ3n) is 6.12. The lowest BCUT2D eigenvalue weighted by molar-refractivity contribution is -0.145. The lowest BCUT2D eigenvalue weighted by atomic mass is 9.90. The molecule has 1 aliphatic heterocycles. The van der Waals surface area contributed by atoms with E-state index in [9.17, 15) is 28.0 Å². The van der Waals surface area contributed by atoms with Gasteiger partial charge in [-0.1, -0.05) is 0 Å². The van der Waals surface area contributed by atoms with E-state index in [2.05, 4.69) is 25.3 Å². The Kier molecular flexibility index (Phi) is 6.29. The van der Waals surface area contributed by atoms with E-state index in [-0.39, 0.29) is 40.2 Å². The Morgan fingerprint density at radius 3 is 2.63 bits per heavy atom. The molecule has 1 saturated heterocycles. The Balaban J connectivity index is 1.57. The van der Waals surface area contributed by atoms with Crippen LogP contribution in [0.1, 0.15) is 30.9 Å². The number of primary amides is 1. The van der Waals surface area contributed by atoms with Crippen molar-refractivity contribution in [2.24, 2.45) is 11.7 Å². The molecule has 0 bridgehead atoms. The average Bonchev–Trinajstić information content (AvgIpc) is 3.26. The normalized spacial score (nSPS) is 15.6. The highest BCUT2D eigenvalue weighted by molar-refractivity contribution is 6.34. The number of nitriles is 1. The number of hydrogen-bond acceptors (Lipinski definition) is 7. The zero-order chi connectivity index (χ0) is 25.3. The molecule has 1 atom stereocenters. The third kappa shape index (κ3) is 4.86. The number of alkyl halides is 3. The molecule has 1 aliphatic rings. The molecule has 182 valence electrons. The number of carbonyl (C=O) groups is 2. The lowest BCUT2D eigenvalue weighted by Gasteiger charge is -2.34. The van der Waals surface area contributed by atoms with Crippen LogP contribution < -0.4 is 11.1 Å². The molecular weight excluding hydrogens is 465 g/mol.